The molecule has 1 fully saturated rings. The molecule has 2 aromatic rings. The van der Waals surface area contributed by atoms with Gasteiger partial charge in [0.25, 0.3) is 5.91 Å². The molecule has 0 atom stereocenters. The van der Waals surface area contributed by atoms with Crippen molar-refractivity contribution in [3.8, 4) is 0 Å². The highest BCUT2D eigenvalue weighted by Crippen LogP contribution is 2.22. The molecule has 9 heteroatoms. The first-order chi connectivity index (χ1) is 13.8. The smallest absolute Gasteiger partial charge is 0.409 e. The van der Waals surface area contributed by atoms with Crippen LogP contribution in [0.25, 0.3) is 0 Å². The first-order valence-corrected chi connectivity index (χ1v) is 10.0. The molecule has 0 radical (unpaired) electrons. The van der Waals surface area contributed by atoms with Crippen molar-refractivity contribution >= 4 is 12.0 Å². The Bertz CT molecular complexity index is 879. The molecule has 1 aliphatic heterocycles. The third kappa shape index (κ3) is 4.60. The Kier molecular flexibility index (Phi) is 6.24. The summed E-state index contributed by atoms with van der Waals surface area (Å²) in [5.41, 5.74) is 3.27. The summed E-state index contributed by atoms with van der Waals surface area (Å²) >= 11 is 0. The Morgan fingerprint density at radius 2 is 1.72 bits per heavy atom. The second-order valence-electron chi connectivity index (χ2n) is 7.55. The molecule has 3 heterocycles. The summed E-state index contributed by atoms with van der Waals surface area (Å²) in [5, 5.41) is 8.74. The van der Waals surface area contributed by atoms with E-state index in [2.05, 4.69) is 10.2 Å². The summed E-state index contributed by atoms with van der Waals surface area (Å²) in [4.78, 5) is 29.1. The van der Waals surface area contributed by atoms with Crippen molar-refractivity contribution < 1.29 is 14.3 Å². The van der Waals surface area contributed by atoms with Crippen LogP contribution < -0.4 is 0 Å². The van der Waals surface area contributed by atoms with Crippen LogP contribution in [0.1, 0.15) is 47.3 Å². The van der Waals surface area contributed by atoms with E-state index in [9.17, 15) is 9.59 Å². The fourth-order valence-electron chi connectivity index (χ4n) is 3.89. The number of amides is 2. The average Bonchev–Trinajstić information content (AvgIpc) is 3.19. The summed E-state index contributed by atoms with van der Waals surface area (Å²) in [6.45, 7) is 7.59. The number of aryl methyl sites for hydroxylation is 4. The summed E-state index contributed by atoms with van der Waals surface area (Å²) in [7, 11) is 3.68. The van der Waals surface area contributed by atoms with Gasteiger partial charge in [-0.15, -0.1) is 0 Å². The molecule has 0 N–H and O–H groups in total. The molecular formula is C20H30N6O3. The van der Waals surface area contributed by atoms with E-state index in [-0.39, 0.29) is 18.0 Å². The fraction of sp³-hybridized carbons (Fsp3) is 0.600. The van der Waals surface area contributed by atoms with E-state index in [0.717, 1.165) is 17.1 Å². The van der Waals surface area contributed by atoms with Gasteiger partial charge in [-0.25, -0.2) is 4.79 Å². The third-order valence-corrected chi connectivity index (χ3v) is 5.34. The molecule has 0 bridgehead atoms. The van der Waals surface area contributed by atoms with Crippen molar-refractivity contribution in [2.75, 3.05) is 19.7 Å². The zero-order valence-corrected chi connectivity index (χ0v) is 17.9. The van der Waals surface area contributed by atoms with Gasteiger partial charge < -0.3 is 14.5 Å². The summed E-state index contributed by atoms with van der Waals surface area (Å²) in [6.07, 6.45) is 1.13. The maximum atomic E-state index is 13.4. The molecule has 0 saturated carbocycles. The first kappa shape index (κ1) is 20.9. The van der Waals surface area contributed by atoms with Crippen LogP contribution in [0.15, 0.2) is 12.1 Å². The minimum Gasteiger partial charge on any atom is -0.450 e. The standard InChI is InChI=1S/C20H30N6O3/c1-6-29-20(28)25-9-7-16(8-10-25)26(13-17-11-14(2)21-23(17)4)19(27)18-12-15(3)22-24(18)5/h11-12,16H,6-10,13H2,1-5H3. The molecule has 2 aromatic heterocycles. The maximum absolute atomic E-state index is 13.4. The number of hydrogen-bond acceptors (Lipinski definition) is 5. The van der Waals surface area contributed by atoms with Gasteiger partial charge in [0.15, 0.2) is 0 Å². The van der Waals surface area contributed by atoms with Gasteiger partial charge >= 0.3 is 6.09 Å². The van der Waals surface area contributed by atoms with Crippen molar-refractivity contribution in [1.29, 1.82) is 0 Å². The number of hydrogen-bond donors (Lipinski definition) is 0. The SMILES string of the molecule is CCOC(=O)N1CCC(N(Cc2cc(C)nn2C)C(=O)c2cc(C)nn2C)CC1. The van der Waals surface area contributed by atoms with Gasteiger partial charge in [-0.1, -0.05) is 0 Å². The van der Waals surface area contributed by atoms with E-state index < -0.39 is 0 Å². The molecule has 29 heavy (non-hydrogen) atoms. The average molecular weight is 402 g/mol. The Balaban J connectivity index is 1.81. The normalized spacial score (nSPS) is 14.9. The van der Waals surface area contributed by atoms with Crippen LogP contribution in [0.3, 0.4) is 0 Å². The van der Waals surface area contributed by atoms with Crippen molar-refractivity contribution in [2.24, 2.45) is 14.1 Å². The molecule has 0 aliphatic carbocycles. The molecule has 0 aromatic carbocycles. The van der Waals surface area contributed by atoms with Gasteiger partial charge in [-0.3, -0.25) is 14.2 Å². The monoisotopic (exact) mass is 402 g/mol. The van der Waals surface area contributed by atoms with Crippen LogP contribution in [0.4, 0.5) is 4.79 Å². The van der Waals surface area contributed by atoms with E-state index in [1.54, 1.807) is 23.6 Å². The third-order valence-electron chi connectivity index (χ3n) is 5.34. The van der Waals surface area contributed by atoms with Crippen molar-refractivity contribution in [3.63, 3.8) is 0 Å². The molecule has 2 amide bonds. The topological polar surface area (TPSA) is 85.5 Å². The van der Waals surface area contributed by atoms with Gasteiger partial charge in [0, 0.05) is 33.2 Å². The lowest BCUT2D eigenvalue weighted by molar-refractivity contribution is 0.0501. The molecule has 0 spiro atoms. The second-order valence-corrected chi connectivity index (χ2v) is 7.55. The van der Waals surface area contributed by atoms with Crippen molar-refractivity contribution in [2.45, 2.75) is 46.2 Å². The zero-order valence-electron chi connectivity index (χ0n) is 17.9. The van der Waals surface area contributed by atoms with E-state index in [1.165, 1.54) is 0 Å². The van der Waals surface area contributed by atoms with Crippen LogP contribution in [-0.4, -0.2) is 67.1 Å². The Hall–Kier alpha value is -2.84. The lowest BCUT2D eigenvalue weighted by Gasteiger charge is -2.38. The van der Waals surface area contributed by atoms with Crippen LogP contribution in [-0.2, 0) is 25.4 Å². The van der Waals surface area contributed by atoms with E-state index >= 15 is 0 Å². The van der Waals surface area contributed by atoms with Crippen LogP contribution in [0, 0.1) is 13.8 Å². The second kappa shape index (κ2) is 8.67. The summed E-state index contributed by atoms with van der Waals surface area (Å²) in [6, 6.07) is 3.85. The molecular weight excluding hydrogens is 372 g/mol. The van der Waals surface area contributed by atoms with Gasteiger partial charge in [-0.05, 0) is 45.7 Å². The molecule has 1 saturated heterocycles. The Labute approximate surface area is 171 Å². The van der Waals surface area contributed by atoms with Gasteiger partial charge in [0.2, 0.25) is 0 Å². The largest absolute Gasteiger partial charge is 0.450 e. The highest BCUT2D eigenvalue weighted by molar-refractivity contribution is 5.93. The summed E-state index contributed by atoms with van der Waals surface area (Å²) < 4.78 is 8.56. The Morgan fingerprint density at radius 3 is 2.24 bits per heavy atom. The van der Waals surface area contributed by atoms with E-state index in [1.807, 2.05) is 42.6 Å². The Morgan fingerprint density at radius 1 is 1.10 bits per heavy atom. The number of carbonyl (C=O) groups excluding carboxylic acids is 2. The van der Waals surface area contributed by atoms with Crippen molar-refractivity contribution in [1.82, 2.24) is 29.4 Å². The van der Waals surface area contributed by atoms with Crippen molar-refractivity contribution in [3.05, 3.63) is 34.9 Å². The highest BCUT2D eigenvalue weighted by Gasteiger charge is 2.32. The van der Waals surface area contributed by atoms with E-state index in [0.29, 0.717) is 44.8 Å². The minimum absolute atomic E-state index is 0.0265. The van der Waals surface area contributed by atoms with Crippen LogP contribution in [0.5, 0.6) is 0 Å². The predicted molar refractivity (Wildman–Crippen MR) is 107 cm³/mol. The number of aromatic nitrogens is 4. The van der Waals surface area contributed by atoms with Gasteiger partial charge in [0.05, 0.1) is 30.2 Å². The molecule has 3 rings (SSSR count). The lowest BCUT2D eigenvalue weighted by atomic mass is 10.0. The van der Waals surface area contributed by atoms with Gasteiger partial charge in [-0.2, -0.15) is 10.2 Å². The maximum Gasteiger partial charge on any atom is 0.409 e. The number of piperidine rings is 1. The number of nitrogens with zero attached hydrogens (tertiary/aromatic N) is 6. The van der Waals surface area contributed by atoms with Gasteiger partial charge in [0.1, 0.15) is 5.69 Å². The number of likely N-dealkylation sites (tertiary alicyclic amines) is 1. The molecule has 9 nitrogen and oxygen atoms in total. The quantitative estimate of drug-likeness (QED) is 0.764. The van der Waals surface area contributed by atoms with E-state index in [4.69, 9.17) is 4.74 Å². The fourth-order valence-corrected chi connectivity index (χ4v) is 3.89. The minimum atomic E-state index is -0.284. The summed E-state index contributed by atoms with van der Waals surface area (Å²) in [5.74, 6) is -0.0541. The highest BCUT2D eigenvalue weighted by atomic mass is 16.6. The van der Waals surface area contributed by atoms with Crippen LogP contribution >= 0.6 is 0 Å². The molecule has 158 valence electrons. The molecule has 1 aliphatic rings. The number of ether oxygens (including phenoxy) is 1. The zero-order chi connectivity index (χ0) is 21.1. The lowest BCUT2D eigenvalue weighted by Crippen LogP contribution is -2.49. The predicted octanol–water partition coefficient (Wildman–Crippen LogP) is 2.03. The van der Waals surface area contributed by atoms with Crippen LogP contribution in [0.2, 0.25) is 0 Å². The number of carbonyl (C=O) groups is 2. The first-order valence-electron chi connectivity index (χ1n) is 10.0. The number of rotatable bonds is 5. The molecule has 0 unspecified atom stereocenters.